The molecule has 1 fully saturated rings. The van der Waals surface area contributed by atoms with Gasteiger partial charge in [-0.3, -0.25) is 24.6 Å². The van der Waals surface area contributed by atoms with Gasteiger partial charge in [0, 0.05) is 66.9 Å². The van der Waals surface area contributed by atoms with Gasteiger partial charge in [0.1, 0.15) is 0 Å². The van der Waals surface area contributed by atoms with Crippen LogP contribution in [0.4, 0.5) is 22.7 Å². The molecule has 0 aliphatic carbocycles. The van der Waals surface area contributed by atoms with E-state index in [-0.39, 0.29) is 23.4 Å². The number of benzene rings is 3. The molecule has 0 saturated carbocycles. The van der Waals surface area contributed by atoms with Crippen LogP contribution in [-0.4, -0.2) is 61.0 Å². The van der Waals surface area contributed by atoms with E-state index in [0.29, 0.717) is 48.0 Å². The Kier molecular flexibility index (Phi) is 8.42. The fraction of sp³-hybridized carbons (Fsp3) is 0.290. The molecule has 2 heterocycles. The van der Waals surface area contributed by atoms with E-state index in [1.807, 2.05) is 73.3 Å². The standard InChI is InChI=1S/C31H33N5O5/c1-21(2)31(38)35(15-14-34-16-18-41-19-17-34)24-10-8-23(9-11-24)32-29(22-6-4-3-5-7-22)28-26-20-25(36(39)40)12-13-27(26)33-30(28)37/h3-13,20-21,32H,14-19H2,1-2H3,(H,33,37)/b29-28-. The van der Waals surface area contributed by atoms with E-state index in [2.05, 4.69) is 15.5 Å². The van der Waals surface area contributed by atoms with Gasteiger partial charge in [-0.05, 0) is 35.9 Å². The molecule has 10 heteroatoms. The molecule has 212 valence electrons. The minimum atomic E-state index is -0.474. The molecule has 2 aliphatic heterocycles. The summed E-state index contributed by atoms with van der Waals surface area (Å²) >= 11 is 0. The van der Waals surface area contributed by atoms with Crippen LogP contribution >= 0.6 is 0 Å². The van der Waals surface area contributed by atoms with Crippen molar-refractivity contribution in [2.24, 2.45) is 5.92 Å². The second-order valence-electron chi connectivity index (χ2n) is 10.3. The quantitative estimate of drug-likeness (QED) is 0.220. The lowest BCUT2D eigenvalue weighted by Gasteiger charge is -2.31. The number of nitro groups is 1. The lowest BCUT2D eigenvalue weighted by atomic mass is 9.99. The van der Waals surface area contributed by atoms with Gasteiger partial charge in [-0.15, -0.1) is 0 Å². The molecule has 2 amide bonds. The smallest absolute Gasteiger partial charge is 0.270 e. The van der Waals surface area contributed by atoms with Crippen molar-refractivity contribution in [2.75, 3.05) is 54.9 Å². The number of ether oxygens (including phenoxy) is 1. The lowest BCUT2D eigenvalue weighted by Crippen LogP contribution is -2.44. The van der Waals surface area contributed by atoms with Crippen molar-refractivity contribution >= 4 is 45.8 Å². The van der Waals surface area contributed by atoms with Gasteiger partial charge in [0.05, 0.1) is 29.4 Å². The van der Waals surface area contributed by atoms with Crippen molar-refractivity contribution in [1.29, 1.82) is 0 Å². The monoisotopic (exact) mass is 555 g/mol. The summed E-state index contributed by atoms with van der Waals surface area (Å²) in [6.45, 7) is 8.22. The van der Waals surface area contributed by atoms with Crippen molar-refractivity contribution in [3.8, 4) is 0 Å². The normalized spacial score (nSPS) is 16.2. The van der Waals surface area contributed by atoms with Crippen molar-refractivity contribution in [2.45, 2.75) is 13.8 Å². The predicted molar refractivity (Wildman–Crippen MR) is 159 cm³/mol. The second-order valence-corrected chi connectivity index (χ2v) is 10.3. The summed E-state index contributed by atoms with van der Waals surface area (Å²) in [7, 11) is 0. The Morgan fingerprint density at radius 1 is 1.07 bits per heavy atom. The molecule has 2 N–H and O–H groups in total. The van der Waals surface area contributed by atoms with E-state index >= 15 is 0 Å². The first kappa shape index (κ1) is 28.0. The number of hydrogen-bond acceptors (Lipinski definition) is 7. The van der Waals surface area contributed by atoms with Crippen LogP contribution in [-0.2, 0) is 14.3 Å². The van der Waals surface area contributed by atoms with E-state index < -0.39 is 4.92 Å². The summed E-state index contributed by atoms with van der Waals surface area (Å²) in [6, 6.07) is 21.2. The number of nitro benzene ring substituents is 1. The molecule has 3 aromatic carbocycles. The summed E-state index contributed by atoms with van der Waals surface area (Å²) in [4.78, 5) is 41.4. The number of nitrogens with one attached hydrogen (secondary N) is 2. The fourth-order valence-corrected chi connectivity index (χ4v) is 5.01. The Balaban J connectivity index is 1.46. The molecule has 3 aromatic rings. The zero-order valence-electron chi connectivity index (χ0n) is 23.1. The minimum absolute atomic E-state index is 0.0480. The second kappa shape index (κ2) is 12.3. The maximum atomic E-state index is 13.2. The van der Waals surface area contributed by atoms with Crippen molar-refractivity contribution in [3.05, 3.63) is 94.0 Å². The molecule has 0 unspecified atom stereocenters. The first-order chi connectivity index (χ1) is 19.8. The van der Waals surface area contributed by atoms with Gasteiger partial charge >= 0.3 is 0 Å². The number of non-ortho nitro benzene ring substituents is 1. The van der Waals surface area contributed by atoms with Gasteiger partial charge in [0.2, 0.25) is 5.91 Å². The maximum Gasteiger partial charge on any atom is 0.270 e. The zero-order valence-corrected chi connectivity index (χ0v) is 23.1. The highest BCUT2D eigenvalue weighted by atomic mass is 16.6. The van der Waals surface area contributed by atoms with Crippen molar-refractivity contribution in [3.63, 3.8) is 0 Å². The summed E-state index contributed by atoms with van der Waals surface area (Å²) in [6.07, 6.45) is 0. The molecule has 5 rings (SSSR count). The van der Waals surface area contributed by atoms with Gasteiger partial charge in [-0.1, -0.05) is 44.2 Å². The highest BCUT2D eigenvalue weighted by Crippen LogP contribution is 2.39. The zero-order chi connectivity index (χ0) is 28.9. The van der Waals surface area contributed by atoms with E-state index in [1.165, 1.54) is 12.1 Å². The lowest BCUT2D eigenvalue weighted by molar-refractivity contribution is -0.384. The summed E-state index contributed by atoms with van der Waals surface area (Å²) in [5.41, 5.74) is 3.98. The number of anilines is 3. The molecule has 2 aliphatic rings. The Bertz CT molecular complexity index is 1460. The van der Waals surface area contributed by atoms with Gasteiger partial charge in [-0.25, -0.2) is 0 Å². The molecule has 0 atom stereocenters. The third-order valence-corrected chi connectivity index (χ3v) is 7.22. The van der Waals surface area contributed by atoms with Crippen LogP contribution in [0.15, 0.2) is 72.8 Å². The molecule has 10 nitrogen and oxygen atoms in total. The molecule has 0 aromatic heterocycles. The molecule has 0 bridgehead atoms. The van der Waals surface area contributed by atoms with Crippen molar-refractivity contribution in [1.82, 2.24) is 4.90 Å². The third-order valence-electron chi connectivity index (χ3n) is 7.22. The number of morpholine rings is 1. The Labute approximate surface area is 238 Å². The van der Waals surface area contributed by atoms with Crippen LogP contribution in [0.1, 0.15) is 25.0 Å². The minimum Gasteiger partial charge on any atom is -0.379 e. The fourth-order valence-electron chi connectivity index (χ4n) is 5.01. The van der Waals surface area contributed by atoms with Gasteiger partial charge in [0.25, 0.3) is 11.6 Å². The van der Waals surface area contributed by atoms with Crippen LogP contribution in [0, 0.1) is 16.0 Å². The van der Waals surface area contributed by atoms with Gasteiger partial charge in [0.15, 0.2) is 0 Å². The highest BCUT2D eigenvalue weighted by molar-refractivity contribution is 6.37. The average molecular weight is 556 g/mol. The van der Waals surface area contributed by atoms with E-state index in [9.17, 15) is 19.7 Å². The van der Waals surface area contributed by atoms with Crippen LogP contribution < -0.4 is 15.5 Å². The Morgan fingerprint density at radius 2 is 1.78 bits per heavy atom. The number of amides is 2. The topological polar surface area (TPSA) is 117 Å². The molecular weight excluding hydrogens is 522 g/mol. The summed E-state index contributed by atoms with van der Waals surface area (Å²) in [5.74, 6) is -0.455. The number of rotatable bonds is 9. The van der Waals surface area contributed by atoms with Crippen molar-refractivity contribution < 1.29 is 19.2 Å². The number of fused-ring (bicyclic) bond motifs is 1. The van der Waals surface area contributed by atoms with E-state index in [1.54, 1.807) is 6.07 Å². The number of carbonyl (C=O) groups is 2. The van der Waals surface area contributed by atoms with Gasteiger partial charge < -0.3 is 20.3 Å². The van der Waals surface area contributed by atoms with Crippen LogP contribution in [0.3, 0.4) is 0 Å². The van der Waals surface area contributed by atoms with Crippen LogP contribution in [0.25, 0.3) is 11.3 Å². The predicted octanol–water partition coefficient (Wildman–Crippen LogP) is 4.85. The van der Waals surface area contributed by atoms with E-state index in [0.717, 1.165) is 30.9 Å². The molecule has 41 heavy (non-hydrogen) atoms. The highest BCUT2D eigenvalue weighted by Gasteiger charge is 2.30. The first-order valence-electron chi connectivity index (χ1n) is 13.7. The maximum absolute atomic E-state index is 13.2. The van der Waals surface area contributed by atoms with Crippen LogP contribution in [0.2, 0.25) is 0 Å². The Hall–Kier alpha value is -4.54. The van der Waals surface area contributed by atoms with E-state index in [4.69, 9.17) is 4.74 Å². The average Bonchev–Trinajstić information content (AvgIpc) is 3.32. The third kappa shape index (κ3) is 6.29. The number of nitrogens with zero attached hydrogens (tertiary/aromatic N) is 3. The van der Waals surface area contributed by atoms with Crippen LogP contribution in [0.5, 0.6) is 0 Å². The summed E-state index contributed by atoms with van der Waals surface area (Å²) in [5, 5.41) is 17.7. The Morgan fingerprint density at radius 3 is 2.44 bits per heavy atom. The van der Waals surface area contributed by atoms with Gasteiger partial charge in [-0.2, -0.15) is 0 Å². The first-order valence-corrected chi connectivity index (χ1v) is 13.7. The SMILES string of the molecule is CC(C)C(=O)N(CCN1CCOCC1)c1ccc(N/C(=C2\C(=O)Nc3ccc([N+](=O)[O-])cc32)c2ccccc2)cc1. The summed E-state index contributed by atoms with van der Waals surface area (Å²) < 4.78 is 5.45. The molecular formula is C31H33N5O5. The molecule has 0 radical (unpaired) electrons. The molecule has 1 saturated heterocycles. The molecule has 0 spiro atoms. The number of carbonyl (C=O) groups excluding carboxylic acids is 2. The largest absolute Gasteiger partial charge is 0.379 e. The number of hydrogen-bond donors (Lipinski definition) is 2.